The van der Waals surface area contributed by atoms with E-state index in [9.17, 15) is 14.4 Å². The van der Waals surface area contributed by atoms with Crippen LogP contribution in [0, 0.1) is 0 Å². The molecule has 0 spiro atoms. The van der Waals surface area contributed by atoms with E-state index >= 15 is 0 Å². The minimum absolute atomic E-state index is 0.237. The van der Waals surface area contributed by atoms with E-state index in [1.54, 1.807) is 0 Å². The van der Waals surface area contributed by atoms with Gasteiger partial charge in [-0.25, -0.2) is 0 Å². The van der Waals surface area contributed by atoms with E-state index in [0.29, 0.717) is 6.42 Å². The fourth-order valence-electron chi connectivity index (χ4n) is 4.33. The summed E-state index contributed by atoms with van der Waals surface area (Å²) >= 11 is 0. The van der Waals surface area contributed by atoms with Crippen LogP contribution in [0.3, 0.4) is 0 Å². The molecule has 0 aliphatic heterocycles. The third-order valence-corrected chi connectivity index (χ3v) is 5.93. The summed E-state index contributed by atoms with van der Waals surface area (Å²) in [5.41, 5.74) is 7.57. The molecule has 0 aromatic heterocycles. The van der Waals surface area contributed by atoms with Gasteiger partial charge in [-0.15, -0.1) is 0 Å². The Morgan fingerprint density at radius 1 is 0.735 bits per heavy atom. The molecule has 2 atom stereocenters. The maximum Gasteiger partial charge on any atom is 0.243 e. The number of nitrogens with two attached hydrogens (primary N) is 1. The second-order valence-electron chi connectivity index (χ2n) is 8.41. The van der Waals surface area contributed by atoms with Gasteiger partial charge < -0.3 is 16.4 Å². The average molecular weight is 454 g/mol. The molecule has 172 valence electrons. The van der Waals surface area contributed by atoms with E-state index in [1.165, 1.54) is 6.92 Å². The molecule has 34 heavy (non-hydrogen) atoms. The van der Waals surface area contributed by atoms with Gasteiger partial charge in [-0.05, 0) is 38.7 Å². The molecule has 0 unspecified atom stereocenters. The van der Waals surface area contributed by atoms with Gasteiger partial charge in [-0.2, -0.15) is 0 Å². The first-order valence-corrected chi connectivity index (χ1v) is 11.2. The number of carbonyl (C=O) groups excluding carboxylic acids is 3. The van der Waals surface area contributed by atoms with Crippen molar-refractivity contribution in [1.82, 2.24) is 10.6 Å². The molecule has 0 saturated heterocycles. The van der Waals surface area contributed by atoms with E-state index in [4.69, 9.17) is 5.73 Å². The second-order valence-corrected chi connectivity index (χ2v) is 8.41. The van der Waals surface area contributed by atoms with Crippen LogP contribution in [-0.4, -0.2) is 29.8 Å². The van der Waals surface area contributed by atoms with E-state index < -0.39 is 23.9 Å². The van der Waals surface area contributed by atoms with E-state index in [2.05, 4.69) is 16.7 Å². The zero-order valence-electron chi connectivity index (χ0n) is 19.0. The first-order valence-electron chi connectivity index (χ1n) is 11.2. The normalized spacial score (nSPS) is 12.7. The van der Waals surface area contributed by atoms with E-state index in [-0.39, 0.29) is 12.3 Å². The van der Waals surface area contributed by atoms with E-state index in [1.807, 2.05) is 78.9 Å². The lowest BCUT2D eigenvalue weighted by atomic mass is 9.92. The summed E-state index contributed by atoms with van der Waals surface area (Å²) in [4.78, 5) is 37.4. The van der Waals surface area contributed by atoms with Gasteiger partial charge in [-0.3, -0.25) is 14.4 Å². The van der Waals surface area contributed by atoms with Crippen LogP contribution in [0.1, 0.15) is 18.1 Å². The predicted octanol–water partition coefficient (Wildman–Crippen LogP) is 3.25. The van der Waals surface area contributed by atoms with Crippen molar-refractivity contribution in [2.75, 3.05) is 0 Å². The van der Waals surface area contributed by atoms with Crippen LogP contribution in [0.2, 0.25) is 0 Å². The van der Waals surface area contributed by atoms with Crippen molar-refractivity contribution in [3.63, 3.8) is 0 Å². The Kier molecular flexibility index (Phi) is 6.87. The van der Waals surface area contributed by atoms with Gasteiger partial charge >= 0.3 is 0 Å². The molecule has 4 rings (SSSR count). The lowest BCUT2D eigenvalue weighted by Gasteiger charge is -2.23. The van der Waals surface area contributed by atoms with Crippen molar-refractivity contribution in [1.29, 1.82) is 0 Å². The van der Waals surface area contributed by atoms with Gasteiger partial charge in [0.1, 0.15) is 12.1 Å². The lowest BCUT2D eigenvalue weighted by molar-refractivity contribution is -0.130. The van der Waals surface area contributed by atoms with Crippen molar-refractivity contribution >= 4 is 39.3 Å². The first kappa shape index (κ1) is 23.0. The lowest BCUT2D eigenvalue weighted by Crippen LogP contribution is -2.54. The maximum atomic E-state index is 13.2. The molecule has 0 heterocycles. The Labute approximate surface area is 198 Å². The van der Waals surface area contributed by atoms with Gasteiger partial charge in [0.05, 0.1) is 0 Å². The van der Waals surface area contributed by atoms with Crippen LogP contribution in [0.25, 0.3) is 21.5 Å². The molecular formula is C28H27N3O3. The molecule has 4 aromatic carbocycles. The highest BCUT2D eigenvalue weighted by atomic mass is 16.2. The molecule has 6 nitrogen and oxygen atoms in total. The fourth-order valence-corrected chi connectivity index (χ4v) is 4.33. The largest absolute Gasteiger partial charge is 0.368 e. The highest BCUT2D eigenvalue weighted by Crippen LogP contribution is 2.29. The third kappa shape index (κ3) is 5.23. The van der Waals surface area contributed by atoms with Crippen LogP contribution in [-0.2, 0) is 27.2 Å². The topological polar surface area (TPSA) is 101 Å². The summed E-state index contributed by atoms with van der Waals surface area (Å²) in [5.74, 6) is -1.41. The van der Waals surface area contributed by atoms with Crippen LogP contribution < -0.4 is 16.4 Å². The zero-order valence-corrected chi connectivity index (χ0v) is 19.0. The summed E-state index contributed by atoms with van der Waals surface area (Å²) in [6.07, 6.45) is 0.538. The summed E-state index contributed by atoms with van der Waals surface area (Å²) in [6, 6.07) is 25.6. The first-order chi connectivity index (χ1) is 16.4. The van der Waals surface area contributed by atoms with Crippen LogP contribution in [0.15, 0.2) is 84.9 Å². The number of amides is 3. The van der Waals surface area contributed by atoms with Crippen molar-refractivity contribution < 1.29 is 14.4 Å². The molecular weight excluding hydrogens is 426 g/mol. The molecule has 6 heteroatoms. The second kappa shape index (κ2) is 10.2. The molecule has 0 aliphatic carbocycles. The third-order valence-electron chi connectivity index (χ3n) is 5.93. The molecule has 0 radical (unpaired) electrons. The summed E-state index contributed by atoms with van der Waals surface area (Å²) in [5, 5.41) is 9.59. The molecule has 4 N–H and O–H groups in total. The SMILES string of the molecule is CC(=O)N[C@@H](Cc1ccccc1)C(=O)N[C@H](Cc1c2ccccc2cc2ccccc12)C(N)=O. The molecule has 0 aliphatic rings. The van der Waals surface area contributed by atoms with Gasteiger partial charge in [0.15, 0.2) is 0 Å². The predicted molar refractivity (Wildman–Crippen MR) is 134 cm³/mol. The molecule has 0 bridgehead atoms. The Balaban J connectivity index is 1.65. The molecule has 4 aromatic rings. The summed E-state index contributed by atoms with van der Waals surface area (Å²) < 4.78 is 0. The molecule has 3 amide bonds. The van der Waals surface area contributed by atoms with Crippen molar-refractivity contribution in [3.8, 4) is 0 Å². The number of fused-ring (bicyclic) bond motifs is 2. The van der Waals surface area contributed by atoms with E-state index in [0.717, 1.165) is 32.7 Å². The smallest absolute Gasteiger partial charge is 0.243 e. The van der Waals surface area contributed by atoms with Crippen molar-refractivity contribution in [2.24, 2.45) is 5.73 Å². The number of nitrogens with one attached hydrogen (secondary N) is 2. The van der Waals surface area contributed by atoms with Crippen LogP contribution in [0.4, 0.5) is 0 Å². The van der Waals surface area contributed by atoms with Crippen LogP contribution >= 0.6 is 0 Å². The van der Waals surface area contributed by atoms with Gasteiger partial charge in [0.2, 0.25) is 17.7 Å². The standard InChI is InChI=1S/C28H27N3O3/c1-18(32)30-26(15-19-9-3-2-4-10-19)28(34)31-25(27(29)33)17-24-22-13-7-5-11-20(22)16-21-12-6-8-14-23(21)24/h2-14,16,25-26H,15,17H2,1H3,(H2,29,33)(H,30,32)(H,31,34)/t25-,26+/m1/s1. The Morgan fingerprint density at radius 3 is 1.85 bits per heavy atom. The Bertz CT molecular complexity index is 1300. The number of rotatable bonds is 8. The highest BCUT2D eigenvalue weighted by Gasteiger charge is 2.26. The minimum atomic E-state index is -0.936. The van der Waals surface area contributed by atoms with Gasteiger partial charge in [-0.1, -0.05) is 78.9 Å². The zero-order chi connectivity index (χ0) is 24.1. The number of hydrogen-bond donors (Lipinski definition) is 3. The van der Waals surface area contributed by atoms with Gasteiger partial charge in [0.25, 0.3) is 0 Å². The number of primary amides is 1. The minimum Gasteiger partial charge on any atom is -0.368 e. The fraction of sp³-hybridized carbons (Fsp3) is 0.179. The van der Waals surface area contributed by atoms with Gasteiger partial charge in [0, 0.05) is 19.8 Å². The summed E-state index contributed by atoms with van der Waals surface area (Å²) in [6.45, 7) is 1.36. The maximum absolute atomic E-state index is 13.2. The monoisotopic (exact) mass is 453 g/mol. The number of hydrogen-bond acceptors (Lipinski definition) is 3. The number of benzene rings is 4. The molecule has 0 saturated carbocycles. The Morgan fingerprint density at radius 2 is 1.29 bits per heavy atom. The number of carbonyl (C=O) groups is 3. The van der Waals surface area contributed by atoms with Crippen molar-refractivity contribution in [3.05, 3.63) is 96.1 Å². The Hall–Kier alpha value is -4.19. The average Bonchev–Trinajstić information content (AvgIpc) is 2.83. The summed E-state index contributed by atoms with van der Waals surface area (Å²) in [7, 11) is 0. The van der Waals surface area contributed by atoms with Crippen LogP contribution in [0.5, 0.6) is 0 Å². The molecule has 0 fully saturated rings. The highest BCUT2D eigenvalue weighted by molar-refractivity contribution is 6.03. The quantitative estimate of drug-likeness (QED) is 0.357. The van der Waals surface area contributed by atoms with Crippen molar-refractivity contribution in [2.45, 2.75) is 31.8 Å².